The fourth-order valence-corrected chi connectivity index (χ4v) is 0.904. The monoisotopic (exact) mass is 217 g/mol. The Balaban J connectivity index is 4.49. The highest BCUT2D eigenvalue weighted by molar-refractivity contribution is 5.98. The molecule has 6 heteroatoms. The van der Waals surface area contributed by atoms with Crippen molar-refractivity contribution in [2.75, 3.05) is 0 Å². The third-order valence-electron chi connectivity index (χ3n) is 1.99. The van der Waals surface area contributed by atoms with Gasteiger partial charge in [0.2, 0.25) is 5.91 Å². The molecule has 0 aromatic rings. The van der Waals surface area contributed by atoms with E-state index in [2.05, 4.69) is 5.32 Å². The largest absolute Gasteiger partial charge is 0.481 e. The molecule has 0 heterocycles. The first-order valence-corrected chi connectivity index (χ1v) is 4.53. The molecule has 15 heavy (non-hydrogen) atoms. The van der Waals surface area contributed by atoms with Crippen molar-refractivity contribution in [1.82, 2.24) is 5.32 Å². The number of carboxylic acid groups (broad SMARTS) is 2. The van der Waals surface area contributed by atoms with Crippen LogP contribution in [-0.4, -0.2) is 34.1 Å². The van der Waals surface area contributed by atoms with Crippen molar-refractivity contribution in [2.45, 2.75) is 26.8 Å². The minimum Gasteiger partial charge on any atom is -0.481 e. The fourth-order valence-electron chi connectivity index (χ4n) is 0.904. The number of carbonyl (C=O) groups excluding carboxylic acids is 1. The maximum atomic E-state index is 11.2. The van der Waals surface area contributed by atoms with Crippen molar-refractivity contribution in [3.63, 3.8) is 0 Å². The van der Waals surface area contributed by atoms with E-state index in [1.807, 2.05) is 0 Å². The molecule has 0 aliphatic heterocycles. The summed E-state index contributed by atoms with van der Waals surface area (Å²) in [7, 11) is 0. The normalized spacial score (nSPS) is 14.4. The maximum absolute atomic E-state index is 11.2. The summed E-state index contributed by atoms with van der Waals surface area (Å²) >= 11 is 0. The van der Waals surface area contributed by atoms with Crippen molar-refractivity contribution in [2.24, 2.45) is 11.8 Å². The van der Waals surface area contributed by atoms with Gasteiger partial charge < -0.3 is 15.5 Å². The van der Waals surface area contributed by atoms with Gasteiger partial charge in [-0.25, -0.2) is 4.79 Å². The van der Waals surface area contributed by atoms with Crippen LogP contribution in [0.5, 0.6) is 0 Å². The Morgan fingerprint density at radius 1 is 1.00 bits per heavy atom. The van der Waals surface area contributed by atoms with Gasteiger partial charge >= 0.3 is 11.9 Å². The van der Waals surface area contributed by atoms with Crippen LogP contribution in [0.1, 0.15) is 20.8 Å². The number of aliphatic carboxylic acids is 2. The summed E-state index contributed by atoms with van der Waals surface area (Å²) < 4.78 is 0. The molecule has 3 N–H and O–H groups in total. The van der Waals surface area contributed by atoms with Gasteiger partial charge in [-0.2, -0.15) is 0 Å². The molecule has 2 atom stereocenters. The van der Waals surface area contributed by atoms with E-state index in [1.165, 1.54) is 6.92 Å². The van der Waals surface area contributed by atoms with Gasteiger partial charge in [0.1, 0.15) is 12.0 Å². The Morgan fingerprint density at radius 3 is 1.73 bits per heavy atom. The van der Waals surface area contributed by atoms with Crippen LogP contribution >= 0.6 is 0 Å². The Morgan fingerprint density at radius 2 is 1.47 bits per heavy atom. The van der Waals surface area contributed by atoms with E-state index >= 15 is 0 Å². The Labute approximate surface area is 87.3 Å². The first-order valence-electron chi connectivity index (χ1n) is 4.53. The maximum Gasteiger partial charge on any atom is 0.326 e. The minimum absolute atomic E-state index is 0.299. The summed E-state index contributed by atoms with van der Waals surface area (Å²) in [5, 5.41) is 19.5. The number of hydrogen-bond donors (Lipinski definition) is 3. The van der Waals surface area contributed by atoms with Gasteiger partial charge in [-0.1, -0.05) is 13.8 Å². The van der Waals surface area contributed by atoms with Gasteiger partial charge in [-0.05, 0) is 12.8 Å². The van der Waals surface area contributed by atoms with Gasteiger partial charge in [-0.3, -0.25) is 9.59 Å². The molecule has 0 fully saturated rings. The SMILES string of the molecule is CC(C(=O)O)C(=O)N[C@H](C(=O)O)C(C)C. The van der Waals surface area contributed by atoms with E-state index < -0.39 is 29.8 Å². The topological polar surface area (TPSA) is 104 Å². The Hall–Kier alpha value is -1.59. The quantitative estimate of drug-likeness (QED) is 0.559. The first kappa shape index (κ1) is 13.4. The molecule has 0 spiro atoms. The smallest absolute Gasteiger partial charge is 0.326 e. The van der Waals surface area contributed by atoms with Crippen molar-refractivity contribution >= 4 is 17.8 Å². The third kappa shape index (κ3) is 3.97. The number of carbonyl (C=O) groups is 3. The number of amides is 1. The molecular formula is C9H15NO5. The predicted molar refractivity (Wildman–Crippen MR) is 51.2 cm³/mol. The summed E-state index contributed by atoms with van der Waals surface area (Å²) in [5.74, 6) is -4.78. The lowest BCUT2D eigenvalue weighted by atomic mass is 10.0. The Bertz CT molecular complexity index is 274. The second-order valence-electron chi connectivity index (χ2n) is 3.63. The van der Waals surface area contributed by atoms with Crippen LogP contribution in [0.25, 0.3) is 0 Å². The van der Waals surface area contributed by atoms with Crippen LogP contribution in [0.4, 0.5) is 0 Å². The van der Waals surface area contributed by atoms with Crippen LogP contribution < -0.4 is 5.32 Å². The van der Waals surface area contributed by atoms with E-state index in [0.29, 0.717) is 0 Å². The lowest BCUT2D eigenvalue weighted by Gasteiger charge is -2.19. The highest BCUT2D eigenvalue weighted by Crippen LogP contribution is 2.04. The molecule has 0 aliphatic carbocycles. The molecule has 0 rings (SSSR count). The molecule has 0 radical (unpaired) electrons. The van der Waals surface area contributed by atoms with Crippen LogP contribution in [-0.2, 0) is 14.4 Å². The average molecular weight is 217 g/mol. The van der Waals surface area contributed by atoms with Crippen molar-refractivity contribution in [3.8, 4) is 0 Å². The molecule has 0 bridgehead atoms. The standard InChI is InChI=1S/C9H15NO5/c1-4(2)6(9(14)15)10-7(11)5(3)8(12)13/h4-6H,1-3H3,(H,10,11)(H,12,13)(H,14,15)/t5?,6-/m0/s1. The van der Waals surface area contributed by atoms with Gasteiger partial charge in [0.25, 0.3) is 0 Å². The lowest BCUT2D eigenvalue weighted by molar-refractivity contribution is -0.149. The van der Waals surface area contributed by atoms with Gasteiger partial charge in [-0.15, -0.1) is 0 Å². The second kappa shape index (κ2) is 5.33. The van der Waals surface area contributed by atoms with Crippen LogP contribution in [0.3, 0.4) is 0 Å². The Kier molecular flexibility index (Phi) is 4.77. The number of hydrogen-bond acceptors (Lipinski definition) is 3. The van der Waals surface area contributed by atoms with Crippen LogP contribution in [0.15, 0.2) is 0 Å². The van der Waals surface area contributed by atoms with Crippen LogP contribution in [0, 0.1) is 11.8 Å². The summed E-state index contributed by atoms with van der Waals surface area (Å²) in [6, 6.07) is -1.06. The van der Waals surface area contributed by atoms with E-state index in [-0.39, 0.29) is 5.92 Å². The van der Waals surface area contributed by atoms with E-state index in [1.54, 1.807) is 13.8 Å². The summed E-state index contributed by atoms with van der Waals surface area (Å²) in [5.41, 5.74) is 0. The highest BCUT2D eigenvalue weighted by atomic mass is 16.4. The molecule has 0 aromatic heterocycles. The average Bonchev–Trinajstić information content (AvgIpc) is 2.11. The van der Waals surface area contributed by atoms with Crippen molar-refractivity contribution in [3.05, 3.63) is 0 Å². The summed E-state index contributed by atoms with van der Waals surface area (Å²) in [6.07, 6.45) is 0. The molecule has 6 nitrogen and oxygen atoms in total. The molecule has 1 unspecified atom stereocenters. The van der Waals surface area contributed by atoms with Crippen molar-refractivity contribution < 1.29 is 24.6 Å². The fraction of sp³-hybridized carbons (Fsp3) is 0.667. The van der Waals surface area contributed by atoms with Gasteiger partial charge in [0.15, 0.2) is 0 Å². The molecule has 0 aliphatic rings. The van der Waals surface area contributed by atoms with Crippen molar-refractivity contribution in [1.29, 1.82) is 0 Å². The number of rotatable bonds is 5. The summed E-state index contributed by atoms with van der Waals surface area (Å²) in [6.45, 7) is 4.46. The molecule has 0 saturated carbocycles. The van der Waals surface area contributed by atoms with Gasteiger partial charge in [0, 0.05) is 0 Å². The zero-order valence-corrected chi connectivity index (χ0v) is 8.85. The predicted octanol–water partition coefficient (Wildman–Crippen LogP) is -0.0675. The second-order valence-corrected chi connectivity index (χ2v) is 3.63. The molecule has 0 saturated heterocycles. The third-order valence-corrected chi connectivity index (χ3v) is 1.99. The minimum atomic E-state index is -1.28. The van der Waals surface area contributed by atoms with E-state index in [0.717, 1.165) is 0 Å². The molecular weight excluding hydrogens is 202 g/mol. The zero-order valence-electron chi connectivity index (χ0n) is 8.85. The van der Waals surface area contributed by atoms with E-state index in [4.69, 9.17) is 10.2 Å². The number of carboxylic acids is 2. The van der Waals surface area contributed by atoms with Crippen LogP contribution in [0.2, 0.25) is 0 Å². The lowest BCUT2D eigenvalue weighted by Crippen LogP contribution is -2.47. The molecule has 0 aromatic carbocycles. The van der Waals surface area contributed by atoms with Gasteiger partial charge in [0.05, 0.1) is 0 Å². The number of nitrogens with one attached hydrogen (secondary N) is 1. The first-order chi connectivity index (χ1) is 6.77. The molecule has 1 amide bonds. The summed E-state index contributed by atoms with van der Waals surface area (Å²) in [4.78, 5) is 32.4. The highest BCUT2D eigenvalue weighted by Gasteiger charge is 2.28. The van der Waals surface area contributed by atoms with E-state index in [9.17, 15) is 14.4 Å². The zero-order chi connectivity index (χ0) is 12.2. The molecule has 86 valence electrons.